The number of amides is 1. The lowest BCUT2D eigenvalue weighted by molar-refractivity contribution is 0.102. The summed E-state index contributed by atoms with van der Waals surface area (Å²) in [6.07, 6.45) is 4.01. The predicted molar refractivity (Wildman–Crippen MR) is 122 cm³/mol. The number of aromatic nitrogens is 4. The van der Waals surface area contributed by atoms with Crippen molar-refractivity contribution in [1.82, 2.24) is 19.7 Å². The number of carbonyl (C=O) groups is 1. The molecule has 0 unspecified atom stereocenters. The molecule has 0 aliphatic heterocycles. The standard InChI is InChI=1S/C22H20BrN5OS/c1-12-18-13(2)25-20(15-5-6-15)27-22(18)30-19(12)21(29)26-17-9-10-24-28(17)11-14-3-7-16(23)8-4-14/h3-4,7-10,15H,5-6,11H2,1-2H3,(H,26,29). The number of hydrogen-bond donors (Lipinski definition) is 1. The minimum atomic E-state index is -0.138. The van der Waals surface area contributed by atoms with Crippen LogP contribution < -0.4 is 5.32 Å². The van der Waals surface area contributed by atoms with E-state index in [1.165, 1.54) is 11.3 Å². The van der Waals surface area contributed by atoms with Crippen molar-refractivity contribution in [2.24, 2.45) is 0 Å². The van der Waals surface area contributed by atoms with E-state index in [-0.39, 0.29) is 5.91 Å². The third-order valence-electron chi connectivity index (χ3n) is 5.34. The van der Waals surface area contributed by atoms with Gasteiger partial charge in [-0.05, 0) is 49.9 Å². The van der Waals surface area contributed by atoms with E-state index in [0.29, 0.717) is 23.2 Å². The summed E-state index contributed by atoms with van der Waals surface area (Å²) in [5.41, 5.74) is 3.00. The monoisotopic (exact) mass is 481 g/mol. The number of nitrogens with zero attached hydrogens (tertiary/aromatic N) is 4. The first-order chi connectivity index (χ1) is 14.5. The van der Waals surface area contributed by atoms with E-state index in [1.54, 1.807) is 10.9 Å². The lowest BCUT2D eigenvalue weighted by atomic mass is 10.1. The van der Waals surface area contributed by atoms with E-state index in [9.17, 15) is 4.79 Å². The Morgan fingerprint density at radius 3 is 2.70 bits per heavy atom. The molecule has 30 heavy (non-hydrogen) atoms. The molecule has 1 N–H and O–H groups in total. The summed E-state index contributed by atoms with van der Waals surface area (Å²) in [6.45, 7) is 4.56. The van der Waals surface area contributed by atoms with Gasteiger partial charge in [-0.1, -0.05) is 28.1 Å². The maximum absolute atomic E-state index is 13.1. The number of carbonyl (C=O) groups excluding carboxylic acids is 1. The summed E-state index contributed by atoms with van der Waals surface area (Å²) in [4.78, 5) is 24.1. The van der Waals surface area contributed by atoms with Crippen LogP contribution in [0.1, 0.15) is 51.1 Å². The van der Waals surface area contributed by atoms with E-state index in [0.717, 1.165) is 50.2 Å². The number of fused-ring (bicyclic) bond motifs is 1. The summed E-state index contributed by atoms with van der Waals surface area (Å²) >= 11 is 4.89. The number of benzene rings is 1. The highest BCUT2D eigenvalue weighted by atomic mass is 79.9. The van der Waals surface area contributed by atoms with Gasteiger partial charge in [-0.3, -0.25) is 4.79 Å². The normalized spacial score (nSPS) is 13.7. The van der Waals surface area contributed by atoms with Gasteiger partial charge in [-0.25, -0.2) is 14.6 Å². The molecule has 0 saturated heterocycles. The van der Waals surface area contributed by atoms with Gasteiger partial charge in [0.05, 0.1) is 23.3 Å². The van der Waals surface area contributed by atoms with Gasteiger partial charge in [0.1, 0.15) is 16.5 Å². The number of anilines is 1. The molecule has 1 aliphatic carbocycles. The van der Waals surface area contributed by atoms with Crippen molar-refractivity contribution in [3.8, 4) is 0 Å². The second-order valence-corrected chi connectivity index (χ2v) is 9.55. The Bertz CT molecular complexity index is 1260. The fourth-order valence-electron chi connectivity index (χ4n) is 3.60. The summed E-state index contributed by atoms with van der Waals surface area (Å²) in [5, 5.41) is 8.39. The average molecular weight is 482 g/mol. The van der Waals surface area contributed by atoms with Gasteiger partial charge >= 0.3 is 0 Å². The van der Waals surface area contributed by atoms with E-state index < -0.39 is 0 Å². The molecule has 1 aromatic carbocycles. The molecule has 0 radical (unpaired) electrons. The zero-order chi connectivity index (χ0) is 20.8. The highest BCUT2D eigenvalue weighted by Gasteiger charge is 2.28. The van der Waals surface area contributed by atoms with E-state index in [1.807, 2.05) is 44.2 Å². The number of rotatable bonds is 5. The quantitative estimate of drug-likeness (QED) is 0.411. The topological polar surface area (TPSA) is 72.7 Å². The molecule has 0 spiro atoms. The van der Waals surface area contributed by atoms with Crippen LogP contribution in [-0.2, 0) is 6.54 Å². The lowest BCUT2D eigenvalue weighted by Gasteiger charge is -2.09. The minimum Gasteiger partial charge on any atom is -0.306 e. The van der Waals surface area contributed by atoms with Gasteiger partial charge in [0, 0.05) is 21.8 Å². The average Bonchev–Trinajstić information content (AvgIpc) is 3.40. The smallest absolute Gasteiger partial charge is 0.267 e. The molecular formula is C22H20BrN5OS. The SMILES string of the molecule is Cc1nc(C2CC2)nc2sc(C(=O)Nc3ccnn3Cc3ccc(Br)cc3)c(C)c12. The van der Waals surface area contributed by atoms with Gasteiger partial charge in [-0.15, -0.1) is 11.3 Å². The van der Waals surface area contributed by atoms with Crippen molar-refractivity contribution in [3.05, 3.63) is 68.5 Å². The summed E-state index contributed by atoms with van der Waals surface area (Å²) in [5.74, 6) is 1.93. The van der Waals surface area contributed by atoms with Crippen LogP contribution in [0, 0.1) is 13.8 Å². The largest absolute Gasteiger partial charge is 0.306 e. The molecule has 5 rings (SSSR count). The molecule has 1 aliphatic rings. The zero-order valence-corrected chi connectivity index (χ0v) is 19.0. The molecule has 1 saturated carbocycles. The second-order valence-electron chi connectivity index (χ2n) is 7.63. The fraction of sp³-hybridized carbons (Fsp3) is 0.273. The molecule has 1 amide bonds. The molecule has 0 bridgehead atoms. The summed E-state index contributed by atoms with van der Waals surface area (Å²) in [7, 11) is 0. The molecular weight excluding hydrogens is 462 g/mol. The Hall–Kier alpha value is -2.58. The molecule has 8 heteroatoms. The Morgan fingerprint density at radius 1 is 1.20 bits per heavy atom. The van der Waals surface area contributed by atoms with Crippen LogP contribution in [0.5, 0.6) is 0 Å². The number of thiophene rings is 1. The van der Waals surface area contributed by atoms with Gasteiger partial charge in [0.15, 0.2) is 0 Å². The van der Waals surface area contributed by atoms with E-state index >= 15 is 0 Å². The van der Waals surface area contributed by atoms with Crippen molar-refractivity contribution < 1.29 is 4.79 Å². The predicted octanol–water partition coefficient (Wildman–Crippen LogP) is 5.45. The maximum Gasteiger partial charge on any atom is 0.267 e. The molecule has 4 aromatic rings. The third kappa shape index (κ3) is 3.65. The van der Waals surface area contributed by atoms with Crippen molar-refractivity contribution in [1.29, 1.82) is 0 Å². The maximum atomic E-state index is 13.1. The first-order valence-electron chi connectivity index (χ1n) is 9.85. The first kappa shape index (κ1) is 19.4. The van der Waals surface area contributed by atoms with E-state index in [4.69, 9.17) is 4.98 Å². The van der Waals surface area contributed by atoms with Crippen LogP contribution in [0.4, 0.5) is 5.82 Å². The van der Waals surface area contributed by atoms with Crippen LogP contribution >= 0.6 is 27.3 Å². The molecule has 152 valence electrons. The third-order valence-corrected chi connectivity index (χ3v) is 7.05. The van der Waals surface area contributed by atoms with Crippen molar-refractivity contribution in [3.63, 3.8) is 0 Å². The van der Waals surface area contributed by atoms with Crippen LogP contribution in [0.3, 0.4) is 0 Å². The Balaban J connectivity index is 1.41. The first-order valence-corrected chi connectivity index (χ1v) is 11.5. The van der Waals surface area contributed by atoms with E-state index in [2.05, 4.69) is 31.3 Å². The summed E-state index contributed by atoms with van der Waals surface area (Å²) < 4.78 is 2.82. The van der Waals surface area contributed by atoms with Gasteiger partial charge in [0.25, 0.3) is 5.91 Å². The molecule has 3 heterocycles. The van der Waals surface area contributed by atoms with Crippen LogP contribution in [0.25, 0.3) is 10.2 Å². The lowest BCUT2D eigenvalue weighted by Crippen LogP contribution is -2.16. The number of halogens is 1. The second kappa shape index (κ2) is 7.59. The van der Waals surface area contributed by atoms with Gasteiger partial charge in [0.2, 0.25) is 0 Å². The van der Waals surface area contributed by atoms with Gasteiger partial charge < -0.3 is 5.32 Å². The Labute approximate surface area is 186 Å². The molecule has 3 aromatic heterocycles. The minimum absolute atomic E-state index is 0.138. The highest BCUT2D eigenvalue weighted by molar-refractivity contribution is 9.10. The summed E-state index contributed by atoms with van der Waals surface area (Å²) in [6, 6.07) is 9.88. The molecule has 6 nitrogen and oxygen atoms in total. The van der Waals surface area contributed by atoms with Gasteiger partial charge in [-0.2, -0.15) is 5.10 Å². The highest BCUT2D eigenvalue weighted by Crippen LogP contribution is 2.40. The molecule has 0 atom stereocenters. The van der Waals surface area contributed by atoms with Crippen LogP contribution in [-0.4, -0.2) is 25.7 Å². The molecule has 1 fully saturated rings. The Morgan fingerprint density at radius 2 is 1.97 bits per heavy atom. The zero-order valence-electron chi connectivity index (χ0n) is 16.6. The van der Waals surface area contributed by atoms with Crippen molar-refractivity contribution in [2.75, 3.05) is 5.32 Å². The number of hydrogen-bond acceptors (Lipinski definition) is 5. The van der Waals surface area contributed by atoms with Crippen molar-refractivity contribution in [2.45, 2.75) is 39.2 Å². The fourth-order valence-corrected chi connectivity index (χ4v) is 5.00. The number of nitrogens with one attached hydrogen (secondary N) is 1. The number of aryl methyl sites for hydroxylation is 2. The Kier molecular flexibility index (Phi) is 4.91. The van der Waals surface area contributed by atoms with Crippen molar-refractivity contribution >= 4 is 49.2 Å². The van der Waals surface area contributed by atoms with Crippen LogP contribution in [0.2, 0.25) is 0 Å². The van der Waals surface area contributed by atoms with Crippen LogP contribution in [0.15, 0.2) is 41.0 Å².